The van der Waals surface area contributed by atoms with Crippen molar-refractivity contribution in [2.75, 3.05) is 19.6 Å². The summed E-state index contributed by atoms with van der Waals surface area (Å²) in [5.74, 6) is 1.00. The molecule has 0 amide bonds. The Morgan fingerprint density at radius 3 is 2.17 bits per heavy atom. The Morgan fingerprint density at radius 1 is 1.04 bits per heavy atom. The van der Waals surface area contributed by atoms with Crippen LogP contribution in [0.5, 0.6) is 5.75 Å². The van der Waals surface area contributed by atoms with Gasteiger partial charge in [-0.05, 0) is 62.4 Å². The van der Waals surface area contributed by atoms with Gasteiger partial charge in [0.25, 0.3) is 0 Å². The lowest BCUT2D eigenvalue weighted by atomic mass is 9.83. The van der Waals surface area contributed by atoms with Crippen LogP contribution >= 0.6 is 0 Å². The van der Waals surface area contributed by atoms with Crippen molar-refractivity contribution in [3.63, 3.8) is 0 Å². The van der Waals surface area contributed by atoms with Crippen molar-refractivity contribution >= 4 is 0 Å². The summed E-state index contributed by atoms with van der Waals surface area (Å²) in [7, 11) is 0. The Kier molecular flexibility index (Phi) is 9.43. The molecular formula is C22H39NO. The van der Waals surface area contributed by atoms with Gasteiger partial charge in [-0.25, -0.2) is 0 Å². The number of rotatable bonds is 7. The molecule has 138 valence electrons. The molecule has 1 saturated heterocycles. The molecule has 1 aromatic carbocycles. The molecule has 0 radical (unpaired) electrons. The molecule has 0 saturated carbocycles. The molecule has 0 spiro atoms. The van der Waals surface area contributed by atoms with Crippen LogP contribution in [-0.4, -0.2) is 30.6 Å². The monoisotopic (exact) mass is 333 g/mol. The molecule has 2 heteroatoms. The van der Waals surface area contributed by atoms with E-state index in [0.717, 1.165) is 18.7 Å². The Bertz CT molecular complexity index is 432. The van der Waals surface area contributed by atoms with Crippen LogP contribution in [0.1, 0.15) is 72.8 Å². The van der Waals surface area contributed by atoms with Gasteiger partial charge in [0.2, 0.25) is 0 Å². The number of benzene rings is 1. The fraction of sp³-hybridized carbons (Fsp3) is 0.727. The van der Waals surface area contributed by atoms with Crippen molar-refractivity contribution < 1.29 is 4.74 Å². The molecule has 1 fully saturated rings. The Hall–Kier alpha value is -1.02. The first-order valence-electron chi connectivity index (χ1n) is 9.96. The summed E-state index contributed by atoms with van der Waals surface area (Å²) in [6.07, 6.45) is 6.67. The summed E-state index contributed by atoms with van der Waals surface area (Å²) in [5.41, 5.74) is 1.78. The van der Waals surface area contributed by atoms with E-state index in [1.807, 2.05) is 13.8 Å². The van der Waals surface area contributed by atoms with Crippen LogP contribution in [0.2, 0.25) is 0 Å². The predicted octanol–water partition coefficient (Wildman–Crippen LogP) is 5.94. The van der Waals surface area contributed by atoms with E-state index in [2.05, 4.69) is 56.9 Å². The lowest BCUT2D eigenvalue weighted by Crippen LogP contribution is -2.37. The second-order valence-electron chi connectivity index (χ2n) is 7.63. The van der Waals surface area contributed by atoms with Crippen molar-refractivity contribution in [3.05, 3.63) is 29.8 Å². The van der Waals surface area contributed by atoms with E-state index >= 15 is 0 Å². The van der Waals surface area contributed by atoms with Gasteiger partial charge in [-0.15, -0.1) is 0 Å². The third-order valence-corrected chi connectivity index (χ3v) is 4.86. The van der Waals surface area contributed by atoms with Crippen LogP contribution in [0.3, 0.4) is 0 Å². The summed E-state index contributed by atoms with van der Waals surface area (Å²) in [6.45, 7) is 16.6. The minimum absolute atomic E-state index is 0.260. The maximum Gasteiger partial charge on any atom is 0.119 e. The molecule has 0 aliphatic carbocycles. The smallest absolute Gasteiger partial charge is 0.119 e. The third-order valence-electron chi connectivity index (χ3n) is 4.86. The van der Waals surface area contributed by atoms with Gasteiger partial charge in [-0.1, -0.05) is 59.6 Å². The van der Waals surface area contributed by atoms with Crippen molar-refractivity contribution in [2.45, 2.75) is 79.8 Å². The fourth-order valence-corrected chi connectivity index (χ4v) is 3.14. The normalized spacial score (nSPS) is 16.9. The first-order chi connectivity index (χ1) is 11.5. The van der Waals surface area contributed by atoms with Gasteiger partial charge in [0.05, 0.1) is 0 Å². The van der Waals surface area contributed by atoms with Gasteiger partial charge < -0.3 is 4.74 Å². The number of hydrogen-bond donors (Lipinski definition) is 0. The lowest BCUT2D eigenvalue weighted by Gasteiger charge is -2.29. The number of nitrogens with zero attached hydrogens (tertiary/aromatic N) is 1. The van der Waals surface area contributed by atoms with E-state index in [1.165, 1.54) is 44.3 Å². The number of hydrogen-bond acceptors (Lipinski definition) is 2. The highest BCUT2D eigenvalue weighted by Crippen LogP contribution is 2.26. The largest absolute Gasteiger partial charge is 0.489 e. The van der Waals surface area contributed by atoms with Crippen molar-refractivity contribution in [1.29, 1.82) is 0 Å². The summed E-state index contributed by atoms with van der Waals surface area (Å²) in [6, 6.07) is 8.71. The summed E-state index contributed by atoms with van der Waals surface area (Å²) in [4.78, 5) is 2.53. The molecule has 1 aromatic rings. The highest BCUT2D eigenvalue weighted by Gasteiger charge is 2.16. The number of ether oxygens (including phenoxy) is 1. The summed E-state index contributed by atoms with van der Waals surface area (Å²) >= 11 is 0. The van der Waals surface area contributed by atoms with Gasteiger partial charge >= 0.3 is 0 Å². The van der Waals surface area contributed by atoms with Crippen LogP contribution in [-0.2, 0) is 6.42 Å². The zero-order chi connectivity index (χ0) is 18.0. The fourth-order valence-electron chi connectivity index (χ4n) is 3.14. The molecule has 1 heterocycles. The zero-order valence-electron chi connectivity index (χ0n) is 16.9. The highest BCUT2D eigenvalue weighted by atomic mass is 16.5. The average Bonchev–Trinajstić information content (AvgIpc) is 2.59. The molecule has 0 aromatic heterocycles. The molecule has 24 heavy (non-hydrogen) atoms. The minimum atomic E-state index is 0.260. The molecule has 2 rings (SSSR count). The molecule has 1 unspecified atom stereocenters. The quantitative estimate of drug-likeness (QED) is 0.612. The van der Waals surface area contributed by atoms with Crippen LogP contribution in [0.15, 0.2) is 24.3 Å². The van der Waals surface area contributed by atoms with Gasteiger partial charge in [0.1, 0.15) is 11.9 Å². The van der Waals surface area contributed by atoms with Crippen molar-refractivity contribution in [1.82, 2.24) is 4.90 Å². The SMILES string of the molecule is CC.CCC(C)(C)Cc1ccc(OC(C)CN2CCCCC2)cc1. The minimum Gasteiger partial charge on any atom is -0.489 e. The highest BCUT2D eigenvalue weighted by molar-refractivity contribution is 5.28. The topological polar surface area (TPSA) is 12.5 Å². The maximum absolute atomic E-state index is 6.09. The summed E-state index contributed by atoms with van der Waals surface area (Å²) in [5, 5.41) is 0. The standard InChI is InChI=1S/C20H33NO.C2H6/c1-5-20(3,4)15-18-9-11-19(12-10-18)22-17(2)16-21-13-7-6-8-14-21;1-2/h9-12,17H,5-8,13-16H2,1-4H3;1-2H3. The van der Waals surface area contributed by atoms with E-state index in [-0.39, 0.29) is 6.10 Å². The number of likely N-dealkylation sites (tertiary alicyclic amines) is 1. The van der Waals surface area contributed by atoms with Crippen molar-refractivity contribution in [3.8, 4) is 5.75 Å². The summed E-state index contributed by atoms with van der Waals surface area (Å²) < 4.78 is 6.09. The molecule has 1 aliphatic rings. The van der Waals surface area contributed by atoms with Gasteiger partial charge in [0, 0.05) is 6.54 Å². The Balaban J connectivity index is 0.00000139. The van der Waals surface area contributed by atoms with Crippen LogP contribution in [0.25, 0.3) is 0 Å². The second kappa shape index (κ2) is 10.8. The Labute approximate surface area is 150 Å². The molecular weight excluding hydrogens is 294 g/mol. The molecule has 2 nitrogen and oxygen atoms in total. The van der Waals surface area contributed by atoms with E-state index in [1.54, 1.807) is 0 Å². The van der Waals surface area contributed by atoms with Gasteiger partial charge in [-0.3, -0.25) is 4.90 Å². The van der Waals surface area contributed by atoms with Gasteiger partial charge in [-0.2, -0.15) is 0 Å². The first-order valence-corrected chi connectivity index (χ1v) is 9.96. The van der Waals surface area contributed by atoms with E-state index in [4.69, 9.17) is 4.74 Å². The molecule has 1 atom stereocenters. The molecule has 1 aliphatic heterocycles. The van der Waals surface area contributed by atoms with Crippen LogP contribution in [0.4, 0.5) is 0 Å². The van der Waals surface area contributed by atoms with E-state index in [0.29, 0.717) is 5.41 Å². The maximum atomic E-state index is 6.09. The first kappa shape index (κ1) is 21.0. The predicted molar refractivity (Wildman–Crippen MR) is 106 cm³/mol. The van der Waals surface area contributed by atoms with Crippen LogP contribution < -0.4 is 4.74 Å². The van der Waals surface area contributed by atoms with Gasteiger partial charge in [0.15, 0.2) is 0 Å². The number of piperidine rings is 1. The zero-order valence-corrected chi connectivity index (χ0v) is 16.9. The third kappa shape index (κ3) is 7.70. The molecule has 0 bridgehead atoms. The van der Waals surface area contributed by atoms with Crippen LogP contribution in [0, 0.1) is 5.41 Å². The van der Waals surface area contributed by atoms with E-state index in [9.17, 15) is 0 Å². The average molecular weight is 334 g/mol. The van der Waals surface area contributed by atoms with E-state index < -0.39 is 0 Å². The second-order valence-corrected chi connectivity index (χ2v) is 7.63. The molecule has 0 N–H and O–H groups in total. The lowest BCUT2D eigenvalue weighted by molar-refractivity contribution is 0.130. The Morgan fingerprint density at radius 2 is 1.62 bits per heavy atom. The van der Waals surface area contributed by atoms with Crippen molar-refractivity contribution in [2.24, 2.45) is 5.41 Å².